The summed E-state index contributed by atoms with van der Waals surface area (Å²) >= 11 is 0. The van der Waals surface area contributed by atoms with Crippen molar-refractivity contribution < 1.29 is 4.79 Å². The van der Waals surface area contributed by atoms with Gasteiger partial charge in [0.2, 0.25) is 0 Å². The van der Waals surface area contributed by atoms with Gasteiger partial charge in [0.05, 0.1) is 0 Å². The molecule has 1 heterocycles. The first-order chi connectivity index (χ1) is 8.38. The van der Waals surface area contributed by atoms with E-state index in [1.54, 1.807) is 0 Å². The highest BCUT2D eigenvalue weighted by atomic mass is 16.1. The fraction of sp³-hybridized carbons (Fsp3) is 0.333. The van der Waals surface area contributed by atoms with E-state index in [1.165, 1.54) is 10.8 Å². The van der Waals surface area contributed by atoms with E-state index in [4.69, 9.17) is 0 Å². The van der Waals surface area contributed by atoms with Crippen LogP contribution in [0.1, 0.15) is 33.6 Å². The maximum Gasteiger partial charge on any atom is 0.119 e. The molecule has 0 aliphatic rings. The lowest BCUT2D eigenvalue weighted by Gasteiger charge is -1.91. The minimum atomic E-state index is 0.708. The Morgan fingerprint density at radius 1 is 1.12 bits per heavy atom. The number of unbranched alkanes of at least 4 members (excludes halogenated alkanes) is 1. The molecule has 0 N–H and O–H groups in total. The molecule has 2 heteroatoms. The first kappa shape index (κ1) is 15.3. The van der Waals surface area contributed by atoms with Gasteiger partial charge in [0.25, 0.3) is 0 Å². The fourth-order valence-electron chi connectivity index (χ4n) is 1.14. The molecule has 0 fully saturated rings. The van der Waals surface area contributed by atoms with Crippen LogP contribution in [0.3, 0.4) is 0 Å². The van der Waals surface area contributed by atoms with Crippen LogP contribution in [-0.2, 0) is 4.79 Å². The van der Waals surface area contributed by atoms with Crippen LogP contribution in [0.5, 0.6) is 0 Å². The summed E-state index contributed by atoms with van der Waals surface area (Å²) in [5, 5.41) is 2.45. The minimum Gasteiger partial charge on any atom is -0.303 e. The Hall–Kier alpha value is -1.70. The van der Waals surface area contributed by atoms with Gasteiger partial charge in [-0.05, 0) is 23.3 Å². The second kappa shape index (κ2) is 10.8. The van der Waals surface area contributed by atoms with Crippen LogP contribution >= 0.6 is 0 Å². The third-order valence-corrected chi connectivity index (χ3v) is 1.96. The van der Waals surface area contributed by atoms with Gasteiger partial charge in [-0.1, -0.05) is 45.0 Å². The maximum absolute atomic E-state index is 9.40. The Balaban J connectivity index is 0.000000315. The van der Waals surface area contributed by atoms with Crippen LogP contribution in [-0.4, -0.2) is 11.3 Å². The summed E-state index contributed by atoms with van der Waals surface area (Å²) in [4.78, 5) is 13.4. The van der Waals surface area contributed by atoms with E-state index in [0.29, 0.717) is 6.42 Å². The quantitative estimate of drug-likeness (QED) is 0.723. The van der Waals surface area contributed by atoms with E-state index in [2.05, 4.69) is 17.1 Å². The highest BCUT2D eigenvalue weighted by Crippen LogP contribution is 2.09. The monoisotopic (exact) mass is 231 g/mol. The summed E-state index contributed by atoms with van der Waals surface area (Å²) in [5.41, 5.74) is 0. The van der Waals surface area contributed by atoms with Gasteiger partial charge in [0.15, 0.2) is 0 Å². The number of rotatable bonds is 2. The van der Waals surface area contributed by atoms with Crippen LogP contribution < -0.4 is 0 Å². The van der Waals surface area contributed by atoms with Gasteiger partial charge < -0.3 is 4.79 Å². The van der Waals surface area contributed by atoms with Gasteiger partial charge in [-0.2, -0.15) is 0 Å². The zero-order valence-electron chi connectivity index (χ0n) is 10.9. The Bertz CT molecular complexity index is 347. The third kappa shape index (κ3) is 6.46. The first-order valence-corrected chi connectivity index (χ1v) is 6.11. The molecule has 0 saturated carbocycles. The van der Waals surface area contributed by atoms with Crippen molar-refractivity contribution in [1.82, 2.24) is 4.98 Å². The summed E-state index contributed by atoms with van der Waals surface area (Å²) in [7, 11) is 0. The SMILES string of the molecule is CC.CCCC=O.c1ccc2cnccc2c1. The molecule has 1 aromatic heterocycles. The smallest absolute Gasteiger partial charge is 0.119 e. The van der Waals surface area contributed by atoms with Crippen molar-refractivity contribution in [3.05, 3.63) is 42.7 Å². The van der Waals surface area contributed by atoms with Crippen molar-refractivity contribution in [2.24, 2.45) is 0 Å². The van der Waals surface area contributed by atoms with Gasteiger partial charge in [0, 0.05) is 18.8 Å². The van der Waals surface area contributed by atoms with Gasteiger partial charge in [-0.25, -0.2) is 0 Å². The molecule has 0 saturated heterocycles. The van der Waals surface area contributed by atoms with E-state index in [1.807, 2.05) is 51.4 Å². The summed E-state index contributed by atoms with van der Waals surface area (Å²) in [6, 6.07) is 10.2. The number of carbonyl (C=O) groups excluding carboxylic acids is 1. The van der Waals surface area contributed by atoms with Crippen molar-refractivity contribution in [1.29, 1.82) is 0 Å². The zero-order chi connectivity index (χ0) is 12.9. The molecule has 1 aromatic carbocycles. The molecule has 0 aliphatic heterocycles. The standard InChI is InChI=1S/C9H7N.C4H8O.C2H6/c1-2-4-9-7-10-6-5-8(9)3-1;1-2-3-4-5;1-2/h1-7H;4H,2-3H2,1H3;1-2H3. The molecule has 17 heavy (non-hydrogen) atoms. The highest BCUT2D eigenvalue weighted by Gasteiger charge is 1.86. The second-order valence-electron chi connectivity index (χ2n) is 3.18. The predicted molar refractivity (Wildman–Crippen MR) is 74.1 cm³/mol. The normalized spacial score (nSPS) is 8.41. The van der Waals surface area contributed by atoms with Crippen molar-refractivity contribution in [3.8, 4) is 0 Å². The largest absolute Gasteiger partial charge is 0.303 e. The number of aldehydes is 1. The number of hydrogen-bond acceptors (Lipinski definition) is 2. The molecular weight excluding hydrogens is 210 g/mol. The Kier molecular flexibility index (Phi) is 9.73. The van der Waals surface area contributed by atoms with Crippen molar-refractivity contribution in [2.45, 2.75) is 33.6 Å². The molecule has 0 radical (unpaired) electrons. The van der Waals surface area contributed by atoms with Crippen molar-refractivity contribution in [3.63, 3.8) is 0 Å². The molecule has 0 amide bonds. The molecule has 0 aliphatic carbocycles. The lowest BCUT2D eigenvalue weighted by molar-refractivity contribution is -0.107. The van der Waals surface area contributed by atoms with E-state index >= 15 is 0 Å². The number of carbonyl (C=O) groups is 1. The van der Waals surface area contributed by atoms with Crippen LogP contribution in [0.15, 0.2) is 42.7 Å². The number of fused-ring (bicyclic) bond motifs is 1. The number of nitrogens with zero attached hydrogens (tertiary/aromatic N) is 1. The van der Waals surface area contributed by atoms with E-state index in [-0.39, 0.29) is 0 Å². The maximum atomic E-state index is 9.40. The Labute approximate surface area is 104 Å². The van der Waals surface area contributed by atoms with Gasteiger partial charge in [-0.15, -0.1) is 0 Å². The number of benzene rings is 1. The highest BCUT2D eigenvalue weighted by molar-refractivity contribution is 5.80. The molecule has 0 spiro atoms. The predicted octanol–water partition coefficient (Wildman–Crippen LogP) is 4.25. The fourth-order valence-corrected chi connectivity index (χ4v) is 1.14. The summed E-state index contributed by atoms with van der Waals surface area (Å²) in [5.74, 6) is 0. The lowest BCUT2D eigenvalue weighted by atomic mass is 10.2. The topological polar surface area (TPSA) is 30.0 Å². The first-order valence-electron chi connectivity index (χ1n) is 6.11. The molecule has 2 aromatic rings. The molecular formula is C15H21NO. The minimum absolute atomic E-state index is 0.708. The third-order valence-electron chi connectivity index (χ3n) is 1.96. The van der Waals surface area contributed by atoms with Crippen molar-refractivity contribution >= 4 is 17.1 Å². The van der Waals surface area contributed by atoms with Gasteiger partial charge in [0.1, 0.15) is 6.29 Å². The van der Waals surface area contributed by atoms with Crippen LogP contribution in [0.25, 0.3) is 10.8 Å². The summed E-state index contributed by atoms with van der Waals surface area (Å²) in [6.45, 7) is 5.98. The Morgan fingerprint density at radius 3 is 2.24 bits per heavy atom. The average molecular weight is 231 g/mol. The van der Waals surface area contributed by atoms with E-state index < -0.39 is 0 Å². The van der Waals surface area contributed by atoms with Crippen LogP contribution in [0.2, 0.25) is 0 Å². The van der Waals surface area contributed by atoms with Gasteiger partial charge in [-0.3, -0.25) is 4.98 Å². The lowest BCUT2D eigenvalue weighted by Crippen LogP contribution is -1.71. The number of pyridine rings is 1. The summed E-state index contributed by atoms with van der Waals surface area (Å²) < 4.78 is 0. The average Bonchev–Trinajstić information content (AvgIpc) is 2.43. The van der Waals surface area contributed by atoms with Crippen LogP contribution in [0.4, 0.5) is 0 Å². The molecule has 92 valence electrons. The molecule has 0 atom stereocenters. The molecule has 2 nitrogen and oxygen atoms in total. The number of hydrogen-bond donors (Lipinski definition) is 0. The number of aromatic nitrogens is 1. The van der Waals surface area contributed by atoms with E-state index in [9.17, 15) is 4.79 Å². The Morgan fingerprint density at radius 2 is 1.76 bits per heavy atom. The van der Waals surface area contributed by atoms with E-state index in [0.717, 1.165) is 12.7 Å². The molecule has 0 bridgehead atoms. The summed E-state index contributed by atoms with van der Waals surface area (Å²) in [6.07, 6.45) is 6.29. The van der Waals surface area contributed by atoms with Crippen LogP contribution in [0, 0.1) is 0 Å². The molecule has 2 rings (SSSR count). The zero-order valence-corrected chi connectivity index (χ0v) is 10.9. The van der Waals surface area contributed by atoms with Crippen molar-refractivity contribution in [2.75, 3.05) is 0 Å². The van der Waals surface area contributed by atoms with Gasteiger partial charge >= 0.3 is 0 Å². The second-order valence-corrected chi connectivity index (χ2v) is 3.18. The molecule has 0 unspecified atom stereocenters.